The Hall–Kier alpha value is -2.29. The van der Waals surface area contributed by atoms with Crippen molar-refractivity contribution in [3.05, 3.63) is 46.3 Å². The standard InChI is InChI=1S/C17H21F3N4OS/c1-21-16(24(2)10-7-13-5-4-12-26-13)23-9-11-25-15-14(17(18,19)20)6-3-8-22-15/h3-6,8,12H,7,9-11H2,1-2H3,(H,21,23). The molecule has 1 N–H and O–H groups in total. The van der Waals surface area contributed by atoms with E-state index < -0.39 is 17.6 Å². The van der Waals surface area contributed by atoms with Gasteiger partial charge in [0.1, 0.15) is 12.2 Å². The van der Waals surface area contributed by atoms with E-state index in [0.717, 1.165) is 19.0 Å². The first-order valence-corrected chi connectivity index (χ1v) is 8.89. The minimum atomic E-state index is -4.49. The average Bonchev–Trinajstić information content (AvgIpc) is 3.13. The first-order valence-electron chi connectivity index (χ1n) is 8.01. The van der Waals surface area contributed by atoms with E-state index in [1.807, 2.05) is 23.4 Å². The minimum absolute atomic E-state index is 0.0396. The van der Waals surface area contributed by atoms with E-state index in [2.05, 4.69) is 21.4 Å². The van der Waals surface area contributed by atoms with Gasteiger partial charge < -0.3 is 15.0 Å². The van der Waals surface area contributed by atoms with Crippen LogP contribution in [0.1, 0.15) is 10.4 Å². The average molecular weight is 386 g/mol. The Bertz CT molecular complexity index is 704. The maximum absolute atomic E-state index is 12.9. The monoisotopic (exact) mass is 386 g/mol. The summed E-state index contributed by atoms with van der Waals surface area (Å²) >= 11 is 1.70. The molecule has 0 aliphatic heterocycles. The first-order chi connectivity index (χ1) is 12.4. The summed E-state index contributed by atoms with van der Waals surface area (Å²) in [6.07, 6.45) is -2.32. The molecule has 0 aromatic carbocycles. The van der Waals surface area contributed by atoms with E-state index in [0.29, 0.717) is 12.5 Å². The van der Waals surface area contributed by atoms with Crippen LogP contribution in [0, 0.1) is 0 Å². The fraction of sp³-hybridized carbons (Fsp3) is 0.412. The second-order valence-electron chi connectivity index (χ2n) is 5.43. The summed E-state index contributed by atoms with van der Waals surface area (Å²) in [6.45, 7) is 1.13. The molecule has 0 aliphatic carbocycles. The molecule has 0 spiro atoms. The molecule has 0 saturated carbocycles. The number of aromatic nitrogens is 1. The van der Waals surface area contributed by atoms with E-state index in [1.165, 1.54) is 17.1 Å². The van der Waals surface area contributed by atoms with Crippen molar-refractivity contribution in [1.82, 2.24) is 15.2 Å². The molecule has 0 bridgehead atoms. The van der Waals surface area contributed by atoms with Crippen LogP contribution in [0.2, 0.25) is 0 Å². The number of aliphatic imine (C=N–C) groups is 1. The Morgan fingerprint density at radius 2 is 2.15 bits per heavy atom. The molecule has 0 atom stereocenters. The van der Waals surface area contributed by atoms with Gasteiger partial charge in [0.2, 0.25) is 5.88 Å². The first kappa shape index (κ1) is 20.0. The molecule has 0 amide bonds. The Kier molecular flexibility index (Phi) is 7.26. The van der Waals surface area contributed by atoms with Crippen LogP contribution in [-0.4, -0.2) is 49.6 Å². The summed E-state index contributed by atoms with van der Waals surface area (Å²) in [5.74, 6) is 0.241. The third-order valence-electron chi connectivity index (χ3n) is 3.55. The highest BCUT2D eigenvalue weighted by atomic mass is 32.1. The van der Waals surface area contributed by atoms with E-state index in [-0.39, 0.29) is 6.61 Å². The van der Waals surface area contributed by atoms with Gasteiger partial charge in [-0.3, -0.25) is 4.99 Å². The van der Waals surface area contributed by atoms with Crippen LogP contribution in [-0.2, 0) is 12.6 Å². The zero-order valence-electron chi connectivity index (χ0n) is 14.6. The van der Waals surface area contributed by atoms with E-state index in [1.54, 1.807) is 18.4 Å². The number of halogens is 3. The van der Waals surface area contributed by atoms with Crippen LogP contribution in [0.25, 0.3) is 0 Å². The van der Waals surface area contributed by atoms with Crippen molar-refractivity contribution in [2.24, 2.45) is 4.99 Å². The number of rotatable bonds is 7. The number of nitrogens with zero attached hydrogens (tertiary/aromatic N) is 3. The number of hydrogen-bond acceptors (Lipinski definition) is 4. The molecule has 0 fully saturated rings. The number of nitrogens with one attached hydrogen (secondary N) is 1. The molecule has 5 nitrogen and oxygen atoms in total. The van der Waals surface area contributed by atoms with E-state index in [4.69, 9.17) is 4.74 Å². The largest absolute Gasteiger partial charge is 0.475 e. The molecular formula is C17H21F3N4OS. The maximum Gasteiger partial charge on any atom is 0.421 e. The normalized spacial score (nSPS) is 12.1. The second kappa shape index (κ2) is 9.42. The number of likely N-dealkylation sites (N-methyl/N-ethyl adjacent to an activating group) is 1. The number of alkyl halides is 3. The molecule has 2 heterocycles. The Morgan fingerprint density at radius 1 is 1.35 bits per heavy atom. The third-order valence-corrected chi connectivity index (χ3v) is 4.48. The van der Waals surface area contributed by atoms with Crippen molar-refractivity contribution < 1.29 is 17.9 Å². The lowest BCUT2D eigenvalue weighted by atomic mass is 10.2. The zero-order valence-corrected chi connectivity index (χ0v) is 15.4. The lowest BCUT2D eigenvalue weighted by molar-refractivity contribution is -0.139. The lowest BCUT2D eigenvalue weighted by Gasteiger charge is -2.22. The van der Waals surface area contributed by atoms with Crippen LogP contribution in [0.5, 0.6) is 5.88 Å². The molecule has 0 saturated heterocycles. The zero-order chi connectivity index (χ0) is 19.0. The molecule has 0 aliphatic rings. The summed E-state index contributed by atoms with van der Waals surface area (Å²) in [5, 5.41) is 5.11. The van der Waals surface area contributed by atoms with E-state index >= 15 is 0 Å². The molecule has 26 heavy (non-hydrogen) atoms. The van der Waals surface area contributed by atoms with Crippen molar-refractivity contribution in [2.45, 2.75) is 12.6 Å². The van der Waals surface area contributed by atoms with Crippen LogP contribution < -0.4 is 10.1 Å². The summed E-state index contributed by atoms with van der Waals surface area (Å²) in [6, 6.07) is 6.27. The SMILES string of the molecule is CN=C(NCCOc1ncccc1C(F)(F)F)N(C)CCc1cccs1. The van der Waals surface area contributed by atoms with Crippen molar-refractivity contribution in [3.63, 3.8) is 0 Å². The van der Waals surface area contributed by atoms with Gasteiger partial charge >= 0.3 is 6.18 Å². The number of pyridine rings is 1. The van der Waals surface area contributed by atoms with Gasteiger partial charge in [-0.25, -0.2) is 4.98 Å². The van der Waals surface area contributed by atoms with Gasteiger partial charge in [-0.1, -0.05) is 6.07 Å². The maximum atomic E-state index is 12.9. The summed E-state index contributed by atoms with van der Waals surface area (Å²) < 4.78 is 43.9. The fourth-order valence-corrected chi connectivity index (χ4v) is 2.95. The Labute approximate surface area is 154 Å². The van der Waals surface area contributed by atoms with Gasteiger partial charge in [0.15, 0.2) is 5.96 Å². The smallest absolute Gasteiger partial charge is 0.421 e. The summed E-state index contributed by atoms with van der Waals surface area (Å²) in [7, 11) is 3.57. The van der Waals surface area contributed by atoms with Gasteiger partial charge in [-0.05, 0) is 30.0 Å². The summed E-state index contributed by atoms with van der Waals surface area (Å²) in [5.41, 5.74) is -0.877. The Morgan fingerprint density at radius 3 is 2.81 bits per heavy atom. The van der Waals surface area contributed by atoms with Crippen LogP contribution >= 0.6 is 11.3 Å². The molecule has 2 aromatic heterocycles. The van der Waals surface area contributed by atoms with Crippen molar-refractivity contribution in [1.29, 1.82) is 0 Å². The highest BCUT2D eigenvalue weighted by Crippen LogP contribution is 2.34. The predicted molar refractivity (Wildman–Crippen MR) is 96.7 cm³/mol. The molecule has 2 aromatic rings. The second-order valence-corrected chi connectivity index (χ2v) is 6.46. The van der Waals surface area contributed by atoms with Gasteiger partial charge in [0, 0.05) is 31.7 Å². The van der Waals surface area contributed by atoms with Crippen molar-refractivity contribution >= 4 is 17.3 Å². The highest BCUT2D eigenvalue weighted by Gasteiger charge is 2.34. The highest BCUT2D eigenvalue weighted by molar-refractivity contribution is 7.09. The topological polar surface area (TPSA) is 49.8 Å². The molecule has 9 heteroatoms. The molecule has 0 radical (unpaired) electrons. The van der Waals surface area contributed by atoms with Crippen molar-refractivity contribution in [2.75, 3.05) is 33.8 Å². The van der Waals surface area contributed by atoms with Crippen LogP contribution in [0.3, 0.4) is 0 Å². The van der Waals surface area contributed by atoms with Crippen LogP contribution in [0.4, 0.5) is 13.2 Å². The Balaban J connectivity index is 1.79. The quantitative estimate of drug-likeness (QED) is 0.451. The number of ether oxygens (including phenoxy) is 1. The van der Waals surface area contributed by atoms with Gasteiger partial charge in [0.25, 0.3) is 0 Å². The number of hydrogen-bond donors (Lipinski definition) is 1. The molecule has 2 rings (SSSR count). The van der Waals surface area contributed by atoms with Crippen LogP contribution in [0.15, 0.2) is 40.8 Å². The number of thiophene rings is 1. The van der Waals surface area contributed by atoms with Gasteiger partial charge in [-0.15, -0.1) is 11.3 Å². The van der Waals surface area contributed by atoms with Gasteiger partial charge in [-0.2, -0.15) is 13.2 Å². The summed E-state index contributed by atoms with van der Waals surface area (Å²) in [4.78, 5) is 11.1. The fourth-order valence-electron chi connectivity index (χ4n) is 2.26. The third kappa shape index (κ3) is 5.91. The lowest BCUT2D eigenvalue weighted by Crippen LogP contribution is -2.41. The number of guanidine groups is 1. The van der Waals surface area contributed by atoms with E-state index in [9.17, 15) is 13.2 Å². The molecular weight excluding hydrogens is 365 g/mol. The molecule has 0 unspecified atom stereocenters. The minimum Gasteiger partial charge on any atom is -0.475 e. The van der Waals surface area contributed by atoms with Gasteiger partial charge in [0.05, 0.1) is 6.54 Å². The van der Waals surface area contributed by atoms with Crippen molar-refractivity contribution in [3.8, 4) is 5.88 Å². The predicted octanol–water partition coefficient (Wildman–Crippen LogP) is 3.29. The molecule has 142 valence electrons.